The first kappa shape index (κ1) is 13.6. The Morgan fingerprint density at radius 3 is 2.44 bits per heavy atom. The number of carbonyl (C=O) groups excluding carboxylic acids is 1. The van der Waals surface area contributed by atoms with Gasteiger partial charge in [-0.2, -0.15) is 0 Å². The molecule has 1 aliphatic heterocycles. The molecule has 1 aliphatic carbocycles. The molecule has 2 N–H and O–H groups in total. The summed E-state index contributed by atoms with van der Waals surface area (Å²) in [7, 11) is 0. The molecule has 2 rings (SSSR count). The van der Waals surface area contributed by atoms with E-state index in [1.807, 2.05) is 20.8 Å². The summed E-state index contributed by atoms with van der Waals surface area (Å²) in [6.07, 6.45) is 1.82. The van der Waals surface area contributed by atoms with Gasteiger partial charge in [0.25, 0.3) is 0 Å². The highest BCUT2D eigenvalue weighted by Gasteiger charge is 2.35. The average Bonchev–Trinajstić information content (AvgIpc) is 2.21. The molecule has 0 radical (unpaired) electrons. The van der Waals surface area contributed by atoms with E-state index in [0.717, 1.165) is 39.0 Å². The summed E-state index contributed by atoms with van der Waals surface area (Å²) in [5.41, 5.74) is -0.411. The highest BCUT2D eigenvalue weighted by molar-refractivity contribution is 5.68. The Kier molecular flexibility index (Phi) is 4.12. The van der Waals surface area contributed by atoms with Crippen LogP contribution >= 0.6 is 0 Å². The van der Waals surface area contributed by atoms with Crippen molar-refractivity contribution in [1.82, 2.24) is 15.5 Å². The van der Waals surface area contributed by atoms with Crippen LogP contribution in [0, 0.1) is 0 Å². The van der Waals surface area contributed by atoms with Gasteiger partial charge in [0, 0.05) is 38.3 Å². The number of piperazine rings is 1. The van der Waals surface area contributed by atoms with Crippen LogP contribution in [0.2, 0.25) is 0 Å². The Hall–Kier alpha value is -0.810. The smallest absolute Gasteiger partial charge is 0.407 e. The maximum absolute atomic E-state index is 11.6. The zero-order valence-corrected chi connectivity index (χ0v) is 11.7. The molecule has 1 amide bonds. The molecule has 104 valence electrons. The van der Waals surface area contributed by atoms with Crippen LogP contribution in [0.15, 0.2) is 0 Å². The molecule has 0 aromatic rings. The standard InChI is InChI=1S/C13H25N3O2/c1-13(2,3)18-12(17)15-10-8-11(9-10)16-6-4-14-5-7-16/h10-11,14H,4-9H2,1-3H3,(H,15,17)/t10-,11+. The fraction of sp³-hybridized carbons (Fsp3) is 0.923. The summed E-state index contributed by atoms with van der Waals surface area (Å²) in [5.74, 6) is 0. The van der Waals surface area contributed by atoms with Crippen molar-refractivity contribution in [2.24, 2.45) is 0 Å². The van der Waals surface area contributed by atoms with Crippen LogP contribution in [0.4, 0.5) is 4.79 Å². The molecule has 5 nitrogen and oxygen atoms in total. The number of nitrogens with one attached hydrogen (secondary N) is 2. The van der Waals surface area contributed by atoms with Crippen molar-refractivity contribution >= 4 is 6.09 Å². The minimum Gasteiger partial charge on any atom is -0.444 e. The molecular weight excluding hydrogens is 230 g/mol. The summed E-state index contributed by atoms with van der Waals surface area (Å²) in [6, 6.07) is 0.937. The van der Waals surface area contributed by atoms with Crippen LogP contribution in [-0.4, -0.2) is 54.9 Å². The van der Waals surface area contributed by atoms with Crippen molar-refractivity contribution in [2.75, 3.05) is 26.2 Å². The van der Waals surface area contributed by atoms with E-state index in [-0.39, 0.29) is 6.09 Å². The first-order valence-electron chi connectivity index (χ1n) is 6.88. The summed E-state index contributed by atoms with van der Waals surface area (Å²) >= 11 is 0. The van der Waals surface area contributed by atoms with Gasteiger partial charge in [0.2, 0.25) is 0 Å². The number of hydrogen-bond donors (Lipinski definition) is 2. The SMILES string of the molecule is CC(C)(C)OC(=O)N[C@H]1C[C@@H](N2CCNCC2)C1. The highest BCUT2D eigenvalue weighted by Crippen LogP contribution is 2.26. The van der Waals surface area contributed by atoms with E-state index < -0.39 is 5.60 Å². The molecule has 18 heavy (non-hydrogen) atoms. The lowest BCUT2D eigenvalue weighted by Gasteiger charge is -2.44. The molecule has 0 aromatic heterocycles. The second kappa shape index (κ2) is 5.45. The monoisotopic (exact) mass is 255 g/mol. The van der Waals surface area contributed by atoms with E-state index in [9.17, 15) is 4.79 Å². The lowest BCUT2D eigenvalue weighted by atomic mass is 9.85. The van der Waals surface area contributed by atoms with Crippen molar-refractivity contribution < 1.29 is 9.53 Å². The molecule has 0 bridgehead atoms. The Morgan fingerprint density at radius 1 is 1.28 bits per heavy atom. The minimum absolute atomic E-state index is 0.286. The van der Waals surface area contributed by atoms with Crippen LogP contribution in [0.25, 0.3) is 0 Å². The number of rotatable bonds is 2. The zero-order valence-electron chi connectivity index (χ0n) is 11.7. The van der Waals surface area contributed by atoms with Crippen LogP contribution in [0.1, 0.15) is 33.6 Å². The Morgan fingerprint density at radius 2 is 1.89 bits per heavy atom. The molecule has 2 fully saturated rings. The van der Waals surface area contributed by atoms with Gasteiger partial charge >= 0.3 is 6.09 Å². The molecule has 0 aromatic carbocycles. The number of amides is 1. The van der Waals surface area contributed by atoms with Gasteiger partial charge in [-0.05, 0) is 33.6 Å². The van der Waals surface area contributed by atoms with Crippen LogP contribution in [0.3, 0.4) is 0 Å². The van der Waals surface area contributed by atoms with Gasteiger partial charge in [-0.1, -0.05) is 0 Å². The fourth-order valence-corrected chi connectivity index (χ4v) is 2.53. The molecular formula is C13H25N3O2. The first-order chi connectivity index (χ1) is 8.44. The lowest BCUT2D eigenvalue weighted by Crippen LogP contribution is -2.58. The van der Waals surface area contributed by atoms with E-state index in [2.05, 4.69) is 15.5 Å². The molecule has 0 unspecified atom stereocenters. The molecule has 0 atom stereocenters. The molecule has 2 aliphatic rings. The minimum atomic E-state index is -0.411. The molecule has 0 spiro atoms. The van der Waals surface area contributed by atoms with Crippen LogP contribution in [0.5, 0.6) is 0 Å². The normalized spacial score (nSPS) is 29.5. The fourth-order valence-electron chi connectivity index (χ4n) is 2.53. The van der Waals surface area contributed by atoms with E-state index in [0.29, 0.717) is 12.1 Å². The van der Waals surface area contributed by atoms with Gasteiger partial charge in [-0.25, -0.2) is 4.79 Å². The van der Waals surface area contributed by atoms with E-state index in [1.165, 1.54) is 0 Å². The van der Waals surface area contributed by atoms with Gasteiger partial charge in [-0.15, -0.1) is 0 Å². The van der Waals surface area contributed by atoms with Crippen molar-refractivity contribution in [2.45, 2.75) is 51.3 Å². The summed E-state index contributed by atoms with van der Waals surface area (Å²) in [6.45, 7) is 10.1. The average molecular weight is 255 g/mol. The van der Waals surface area contributed by atoms with Gasteiger partial charge < -0.3 is 15.4 Å². The Labute approximate surface area is 109 Å². The maximum atomic E-state index is 11.6. The predicted molar refractivity (Wildman–Crippen MR) is 70.6 cm³/mol. The third-order valence-electron chi connectivity index (χ3n) is 3.50. The highest BCUT2D eigenvalue weighted by atomic mass is 16.6. The largest absolute Gasteiger partial charge is 0.444 e. The third kappa shape index (κ3) is 3.85. The van der Waals surface area contributed by atoms with Gasteiger partial charge in [-0.3, -0.25) is 4.90 Å². The molecule has 1 heterocycles. The number of alkyl carbamates (subject to hydrolysis) is 1. The molecule has 1 saturated heterocycles. The third-order valence-corrected chi connectivity index (χ3v) is 3.50. The number of carbonyl (C=O) groups is 1. The van der Waals surface area contributed by atoms with Crippen molar-refractivity contribution in [3.05, 3.63) is 0 Å². The quantitative estimate of drug-likeness (QED) is 0.771. The van der Waals surface area contributed by atoms with E-state index in [1.54, 1.807) is 0 Å². The maximum Gasteiger partial charge on any atom is 0.407 e. The number of ether oxygens (including phenoxy) is 1. The lowest BCUT2D eigenvalue weighted by molar-refractivity contribution is 0.0375. The Balaban J connectivity index is 1.65. The second-order valence-electron chi connectivity index (χ2n) is 6.25. The number of nitrogens with zero attached hydrogens (tertiary/aromatic N) is 1. The predicted octanol–water partition coefficient (Wildman–Crippen LogP) is 0.947. The Bertz CT molecular complexity index is 289. The van der Waals surface area contributed by atoms with Gasteiger partial charge in [0.15, 0.2) is 0 Å². The van der Waals surface area contributed by atoms with Crippen LogP contribution in [-0.2, 0) is 4.74 Å². The number of hydrogen-bond acceptors (Lipinski definition) is 4. The van der Waals surface area contributed by atoms with Crippen molar-refractivity contribution in [3.8, 4) is 0 Å². The molecule has 1 saturated carbocycles. The zero-order chi connectivity index (χ0) is 13.2. The van der Waals surface area contributed by atoms with Crippen molar-refractivity contribution in [3.63, 3.8) is 0 Å². The van der Waals surface area contributed by atoms with Gasteiger partial charge in [0.05, 0.1) is 0 Å². The topological polar surface area (TPSA) is 53.6 Å². The van der Waals surface area contributed by atoms with Crippen molar-refractivity contribution in [1.29, 1.82) is 0 Å². The van der Waals surface area contributed by atoms with E-state index >= 15 is 0 Å². The summed E-state index contributed by atoms with van der Waals surface area (Å²) in [5, 5.41) is 6.29. The summed E-state index contributed by atoms with van der Waals surface area (Å²) < 4.78 is 5.25. The second-order valence-corrected chi connectivity index (χ2v) is 6.25. The van der Waals surface area contributed by atoms with E-state index in [4.69, 9.17) is 4.74 Å². The van der Waals surface area contributed by atoms with Crippen LogP contribution < -0.4 is 10.6 Å². The molecule has 5 heteroatoms. The van der Waals surface area contributed by atoms with Gasteiger partial charge in [0.1, 0.15) is 5.60 Å². The first-order valence-corrected chi connectivity index (χ1v) is 6.88. The summed E-state index contributed by atoms with van der Waals surface area (Å²) in [4.78, 5) is 14.1.